The van der Waals surface area contributed by atoms with E-state index in [2.05, 4.69) is 25.6 Å². The van der Waals surface area contributed by atoms with Gasteiger partial charge < -0.3 is 10.6 Å². The summed E-state index contributed by atoms with van der Waals surface area (Å²) in [6, 6.07) is 12.8. The Morgan fingerprint density at radius 3 is 2.61 bits per heavy atom. The Kier molecular flexibility index (Phi) is 4.90. The van der Waals surface area contributed by atoms with Crippen molar-refractivity contribution in [1.29, 1.82) is 0 Å². The molecule has 0 radical (unpaired) electrons. The number of benzene rings is 1. The van der Waals surface area contributed by atoms with Gasteiger partial charge in [-0.15, -0.1) is 0 Å². The maximum atomic E-state index is 6.14. The van der Waals surface area contributed by atoms with Crippen molar-refractivity contribution in [2.24, 2.45) is 0 Å². The van der Waals surface area contributed by atoms with Crippen LogP contribution in [0.2, 0.25) is 10.0 Å². The summed E-state index contributed by atoms with van der Waals surface area (Å²) in [5.74, 6) is 1.30. The molecule has 23 heavy (non-hydrogen) atoms. The van der Waals surface area contributed by atoms with Crippen molar-refractivity contribution in [3.05, 3.63) is 70.7 Å². The van der Waals surface area contributed by atoms with Gasteiger partial charge in [-0.2, -0.15) is 0 Å². The zero-order chi connectivity index (χ0) is 16.1. The van der Waals surface area contributed by atoms with Crippen LogP contribution in [0, 0.1) is 0 Å². The first-order valence-corrected chi connectivity index (χ1v) is 7.64. The van der Waals surface area contributed by atoms with Crippen LogP contribution in [0.1, 0.15) is 5.69 Å². The van der Waals surface area contributed by atoms with E-state index in [-0.39, 0.29) is 0 Å². The molecule has 3 aromatic rings. The maximum absolute atomic E-state index is 6.14. The molecular weight excluding hydrogens is 333 g/mol. The second kappa shape index (κ2) is 7.26. The van der Waals surface area contributed by atoms with Gasteiger partial charge in [0.05, 0.1) is 22.9 Å². The Morgan fingerprint density at radius 1 is 0.913 bits per heavy atom. The number of nitrogens with one attached hydrogen (secondary N) is 2. The lowest BCUT2D eigenvalue weighted by Gasteiger charge is -2.10. The minimum absolute atomic E-state index is 0.566. The fourth-order valence-corrected chi connectivity index (χ4v) is 2.27. The molecule has 0 aliphatic heterocycles. The highest BCUT2D eigenvalue weighted by Gasteiger charge is 2.04. The molecule has 5 nitrogen and oxygen atoms in total. The zero-order valence-electron chi connectivity index (χ0n) is 12.0. The van der Waals surface area contributed by atoms with E-state index in [1.165, 1.54) is 6.33 Å². The summed E-state index contributed by atoms with van der Waals surface area (Å²) in [6.45, 7) is 0.579. The molecule has 1 aromatic carbocycles. The molecule has 0 spiro atoms. The quantitative estimate of drug-likeness (QED) is 0.710. The van der Waals surface area contributed by atoms with Crippen LogP contribution in [-0.2, 0) is 6.54 Å². The van der Waals surface area contributed by atoms with Crippen molar-refractivity contribution < 1.29 is 0 Å². The molecule has 2 N–H and O–H groups in total. The Bertz CT molecular complexity index is 795. The average Bonchev–Trinajstić information content (AvgIpc) is 2.58. The van der Waals surface area contributed by atoms with Gasteiger partial charge in [-0.3, -0.25) is 4.98 Å². The van der Waals surface area contributed by atoms with Crippen molar-refractivity contribution in [3.63, 3.8) is 0 Å². The minimum atomic E-state index is 0.566. The molecule has 0 saturated heterocycles. The van der Waals surface area contributed by atoms with Crippen LogP contribution in [0.15, 0.2) is 55.0 Å². The highest BCUT2D eigenvalue weighted by atomic mass is 35.5. The lowest BCUT2D eigenvalue weighted by atomic mass is 10.3. The molecule has 0 unspecified atom stereocenters. The van der Waals surface area contributed by atoms with E-state index in [1.807, 2.05) is 18.2 Å². The Morgan fingerprint density at radius 2 is 1.78 bits per heavy atom. The molecule has 0 aliphatic rings. The molecule has 0 saturated carbocycles. The van der Waals surface area contributed by atoms with E-state index < -0.39 is 0 Å². The summed E-state index contributed by atoms with van der Waals surface area (Å²) in [5.41, 5.74) is 1.62. The summed E-state index contributed by atoms with van der Waals surface area (Å²) < 4.78 is 0. The van der Waals surface area contributed by atoms with Crippen LogP contribution in [0.25, 0.3) is 0 Å². The SMILES string of the molecule is Clc1ccc(Cl)c(Nc2cc(NCc3ccccn3)ncn2)c1. The predicted octanol–water partition coefficient (Wildman–Crippen LogP) is 4.53. The number of hydrogen-bond donors (Lipinski definition) is 2. The number of pyridine rings is 1. The first kappa shape index (κ1) is 15.5. The Hall–Kier alpha value is -2.37. The normalized spacial score (nSPS) is 10.3. The fourth-order valence-electron chi connectivity index (χ4n) is 1.94. The van der Waals surface area contributed by atoms with Crippen LogP contribution < -0.4 is 10.6 Å². The molecule has 3 rings (SSSR count). The fraction of sp³-hybridized carbons (Fsp3) is 0.0625. The Labute approximate surface area is 143 Å². The van der Waals surface area contributed by atoms with Crippen LogP contribution in [-0.4, -0.2) is 15.0 Å². The lowest BCUT2D eigenvalue weighted by molar-refractivity contribution is 1.02. The van der Waals surface area contributed by atoms with E-state index in [0.717, 1.165) is 5.69 Å². The molecule has 7 heteroatoms. The van der Waals surface area contributed by atoms with Crippen molar-refractivity contribution in [1.82, 2.24) is 15.0 Å². The highest BCUT2D eigenvalue weighted by Crippen LogP contribution is 2.28. The van der Waals surface area contributed by atoms with Gasteiger partial charge in [-0.25, -0.2) is 9.97 Å². The third kappa shape index (κ3) is 4.31. The maximum Gasteiger partial charge on any atom is 0.135 e. The van der Waals surface area contributed by atoms with Crippen molar-refractivity contribution in [2.75, 3.05) is 10.6 Å². The molecule has 0 atom stereocenters. The first-order valence-electron chi connectivity index (χ1n) is 6.88. The van der Waals surface area contributed by atoms with Crippen molar-refractivity contribution in [3.8, 4) is 0 Å². The lowest BCUT2D eigenvalue weighted by Crippen LogP contribution is -2.04. The first-order chi connectivity index (χ1) is 11.2. The van der Waals surface area contributed by atoms with Crippen LogP contribution in [0.3, 0.4) is 0 Å². The summed E-state index contributed by atoms with van der Waals surface area (Å²) in [4.78, 5) is 12.6. The number of halogens is 2. The molecule has 116 valence electrons. The molecule has 2 aromatic heterocycles. The van der Waals surface area contributed by atoms with Gasteiger partial charge in [0.2, 0.25) is 0 Å². The Balaban J connectivity index is 1.71. The van der Waals surface area contributed by atoms with Gasteiger partial charge in [-0.05, 0) is 30.3 Å². The van der Waals surface area contributed by atoms with Crippen molar-refractivity contribution in [2.45, 2.75) is 6.54 Å². The molecule has 0 amide bonds. The largest absolute Gasteiger partial charge is 0.364 e. The van der Waals surface area contributed by atoms with Gasteiger partial charge in [0, 0.05) is 17.3 Å². The summed E-state index contributed by atoms with van der Waals surface area (Å²) in [6.07, 6.45) is 3.23. The van der Waals surface area contributed by atoms with Gasteiger partial charge in [0.25, 0.3) is 0 Å². The number of aromatic nitrogens is 3. The number of rotatable bonds is 5. The molecule has 0 aliphatic carbocycles. The zero-order valence-corrected chi connectivity index (χ0v) is 13.5. The molecule has 0 fully saturated rings. The third-order valence-electron chi connectivity index (χ3n) is 3.03. The number of nitrogens with zero attached hydrogens (tertiary/aromatic N) is 3. The topological polar surface area (TPSA) is 62.7 Å². The summed E-state index contributed by atoms with van der Waals surface area (Å²) in [5, 5.41) is 7.49. The van der Waals surface area contributed by atoms with Crippen LogP contribution >= 0.6 is 23.2 Å². The number of anilines is 3. The van der Waals surface area contributed by atoms with Crippen LogP contribution in [0.5, 0.6) is 0 Å². The monoisotopic (exact) mass is 345 g/mol. The number of hydrogen-bond acceptors (Lipinski definition) is 5. The summed E-state index contributed by atoms with van der Waals surface area (Å²) >= 11 is 12.1. The third-order valence-corrected chi connectivity index (χ3v) is 3.60. The molecule has 0 bridgehead atoms. The van der Waals surface area contributed by atoms with Gasteiger partial charge in [0.1, 0.15) is 18.0 Å². The standard InChI is InChI=1S/C16H13Cl2N5/c17-11-4-5-13(18)14(7-11)23-16-8-15(21-10-22-16)20-9-12-3-1-2-6-19-12/h1-8,10H,9H2,(H2,20,21,22,23). The second-order valence-electron chi connectivity index (χ2n) is 4.71. The minimum Gasteiger partial charge on any atom is -0.364 e. The van der Waals surface area contributed by atoms with E-state index in [4.69, 9.17) is 23.2 Å². The predicted molar refractivity (Wildman–Crippen MR) is 93.3 cm³/mol. The van der Waals surface area contributed by atoms with E-state index in [0.29, 0.717) is 33.9 Å². The van der Waals surface area contributed by atoms with Gasteiger partial charge in [-0.1, -0.05) is 29.3 Å². The van der Waals surface area contributed by atoms with Gasteiger partial charge in [0.15, 0.2) is 0 Å². The molecule has 2 heterocycles. The second-order valence-corrected chi connectivity index (χ2v) is 5.56. The molecular formula is C16H13Cl2N5. The van der Waals surface area contributed by atoms with E-state index in [9.17, 15) is 0 Å². The van der Waals surface area contributed by atoms with Crippen LogP contribution in [0.4, 0.5) is 17.3 Å². The average molecular weight is 346 g/mol. The van der Waals surface area contributed by atoms with E-state index >= 15 is 0 Å². The summed E-state index contributed by atoms with van der Waals surface area (Å²) in [7, 11) is 0. The van der Waals surface area contributed by atoms with E-state index in [1.54, 1.807) is 30.5 Å². The van der Waals surface area contributed by atoms with Crippen molar-refractivity contribution >= 4 is 40.5 Å². The highest BCUT2D eigenvalue weighted by molar-refractivity contribution is 6.35. The van der Waals surface area contributed by atoms with Gasteiger partial charge >= 0.3 is 0 Å². The smallest absolute Gasteiger partial charge is 0.135 e.